The van der Waals surface area contributed by atoms with Crippen molar-refractivity contribution in [1.29, 1.82) is 0 Å². The molecule has 0 aliphatic rings. The summed E-state index contributed by atoms with van der Waals surface area (Å²) in [5.41, 5.74) is 5.03. The van der Waals surface area contributed by atoms with E-state index < -0.39 is 18.8 Å². The lowest BCUT2D eigenvalue weighted by Gasteiger charge is -2.20. The number of alkyl halides is 3. The molecule has 0 fully saturated rings. The third kappa shape index (κ3) is 4.44. The molecule has 0 aliphatic carbocycles. The first-order chi connectivity index (χ1) is 8.47. The molecule has 1 aromatic carbocycles. The van der Waals surface area contributed by atoms with Crippen molar-refractivity contribution >= 4 is 0 Å². The van der Waals surface area contributed by atoms with E-state index >= 15 is 0 Å². The summed E-state index contributed by atoms with van der Waals surface area (Å²) in [4.78, 5) is 0. The Hall–Kier alpha value is -1.43. The molecule has 0 saturated heterocycles. The van der Waals surface area contributed by atoms with Crippen LogP contribution in [0.2, 0.25) is 0 Å². The molecule has 0 saturated carbocycles. The van der Waals surface area contributed by atoms with Crippen LogP contribution in [0.5, 0.6) is 11.5 Å². The number of hydrogen-bond acceptors (Lipinski definition) is 3. The summed E-state index contributed by atoms with van der Waals surface area (Å²) in [5, 5.41) is 0. The summed E-state index contributed by atoms with van der Waals surface area (Å²) >= 11 is 0. The van der Waals surface area contributed by atoms with Crippen LogP contribution in [0, 0.1) is 0 Å². The largest absolute Gasteiger partial charge is 0.494 e. The van der Waals surface area contributed by atoms with E-state index in [9.17, 15) is 13.2 Å². The van der Waals surface area contributed by atoms with Crippen LogP contribution in [0.1, 0.15) is 13.3 Å². The lowest BCUT2D eigenvalue weighted by Crippen LogP contribution is -2.40. The fraction of sp³-hybridized carbons (Fsp3) is 0.500. The van der Waals surface area contributed by atoms with E-state index in [0.717, 1.165) is 6.42 Å². The first-order valence-corrected chi connectivity index (χ1v) is 5.63. The van der Waals surface area contributed by atoms with Gasteiger partial charge in [0.2, 0.25) is 6.10 Å². The van der Waals surface area contributed by atoms with Gasteiger partial charge in [0.1, 0.15) is 11.5 Å². The molecule has 0 aromatic heterocycles. The van der Waals surface area contributed by atoms with E-state index in [4.69, 9.17) is 15.2 Å². The molecule has 0 heterocycles. The Kier molecular flexibility index (Phi) is 5.27. The summed E-state index contributed by atoms with van der Waals surface area (Å²) < 4.78 is 47.4. The molecule has 1 atom stereocenters. The van der Waals surface area contributed by atoms with Crippen molar-refractivity contribution in [3.63, 3.8) is 0 Å². The molecule has 0 radical (unpaired) electrons. The van der Waals surface area contributed by atoms with E-state index in [-0.39, 0.29) is 5.75 Å². The molecule has 1 unspecified atom stereocenters. The zero-order valence-corrected chi connectivity index (χ0v) is 10.0. The third-order valence-electron chi connectivity index (χ3n) is 2.15. The van der Waals surface area contributed by atoms with E-state index in [1.54, 1.807) is 12.1 Å². The summed E-state index contributed by atoms with van der Waals surface area (Å²) in [5.74, 6) is 0.715. The Morgan fingerprint density at radius 1 is 1.17 bits per heavy atom. The Labute approximate surface area is 104 Å². The van der Waals surface area contributed by atoms with Crippen molar-refractivity contribution in [2.24, 2.45) is 5.73 Å². The van der Waals surface area contributed by atoms with Crippen molar-refractivity contribution in [3.8, 4) is 11.5 Å². The first kappa shape index (κ1) is 14.6. The summed E-state index contributed by atoms with van der Waals surface area (Å²) in [6.07, 6.45) is -5.59. The molecule has 1 aromatic rings. The van der Waals surface area contributed by atoms with Gasteiger partial charge in [0, 0.05) is 6.54 Å². The minimum atomic E-state index is -4.47. The smallest absolute Gasteiger partial charge is 0.426 e. The lowest BCUT2D eigenvalue weighted by molar-refractivity contribution is -0.191. The highest BCUT2D eigenvalue weighted by Gasteiger charge is 2.40. The zero-order valence-electron chi connectivity index (χ0n) is 10.0. The van der Waals surface area contributed by atoms with E-state index in [0.29, 0.717) is 12.4 Å². The minimum absolute atomic E-state index is 0.117. The maximum atomic E-state index is 12.4. The zero-order chi connectivity index (χ0) is 13.6. The van der Waals surface area contributed by atoms with Crippen LogP contribution in [-0.2, 0) is 0 Å². The van der Waals surface area contributed by atoms with Gasteiger partial charge in [0.05, 0.1) is 6.61 Å². The highest BCUT2D eigenvalue weighted by molar-refractivity contribution is 5.31. The molecular formula is C12H16F3NO2. The molecule has 102 valence electrons. The maximum absolute atomic E-state index is 12.4. The number of rotatable bonds is 6. The molecule has 18 heavy (non-hydrogen) atoms. The van der Waals surface area contributed by atoms with Crippen molar-refractivity contribution in [1.82, 2.24) is 0 Å². The Bertz CT molecular complexity index is 351. The summed E-state index contributed by atoms with van der Waals surface area (Å²) in [6.45, 7) is 1.92. The second kappa shape index (κ2) is 6.49. The molecule has 3 nitrogen and oxygen atoms in total. The van der Waals surface area contributed by atoms with Gasteiger partial charge in [-0.3, -0.25) is 0 Å². The molecule has 0 bridgehead atoms. The van der Waals surface area contributed by atoms with E-state index in [1.807, 2.05) is 6.92 Å². The molecule has 2 N–H and O–H groups in total. The van der Waals surface area contributed by atoms with Crippen LogP contribution < -0.4 is 15.2 Å². The predicted molar refractivity (Wildman–Crippen MR) is 61.8 cm³/mol. The van der Waals surface area contributed by atoms with Gasteiger partial charge in [-0.2, -0.15) is 13.2 Å². The molecule has 0 amide bonds. The van der Waals surface area contributed by atoms with Gasteiger partial charge in [0.15, 0.2) is 0 Å². The second-order valence-electron chi connectivity index (χ2n) is 3.70. The fourth-order valence-electron chi connectivity index (χ4n) is 1.25. The van der Waals surface area contributed by atoms with Crippen LogP contribution >= 0.6 is 0 Å². The SMILES string of the molecule is CCCOc1ccc(OC(CN)C(F)(F)F)cc1. The highest BCUT2D eigenvalue weighted by atomic mass is 19.4. The normalized spacial score (nSPS) is 13.2. The summed E-state index contributed by atoms with van der Waals surface area (Å²) in [7, 11) is 0. The quantitative estimate of drug-likeness (QED) is 0.858. The van der Waals surface area contributed by atoms with Crippen molar-refractivity contribution in [2.45, 2.75) is 25.6 Å². The highest BCUT2D eigenvalue weighted by Crippen LogP contribution is 2.25. The standard InChI is InChI=1S/C12H16F3NO2/c1-2-7-17-9-3-5-10(6-4-9)18-11(8-16)12(13,14)15/h3-6,11H,2,7-8,16H2,1H3. The Morgan fingerprint density at radius 2 is 1.72 bits per heavy atom. The maximum Gasteiger partial charge on any atom is 0.426 e. The van der Waals surface area contributed by atoms with Crippen LogP contribution in [0.15, 0.2) is 24.3 Å². The second-order valence-corrected chi connectivity index (χ2v) is 3.70. The van der Waals surface area contributed by atoms with Crippen LogP contribution in [0.4, 0.5) is 13.2 Å². The first-order valence-electron chi connectivity index (χ1n) is 5.63. The number of hydrogen-bond donors (Lipinski definition) is 1. The number of benzene rings is 1. The monoisotopic (exact) mass is 263 g/mol. The van der Waals surface area contributed by atoms with Crippen molar-refractivity contribution in [3.05, 3.63) is 24.3 Å². The Balaban J connectivity index is 2.62. The third-order valence-corrected chi connectivity index (χ3v) is 2.15. The molecular weight excluding hydrogens is 247 g/mol. The van der Waals surface area contributed by atoms with Gasteiger partial charge in [-0.05, 0) is 30.7 Å². The van der Waals surface area contributed by atoms with Gasteiger partial charge >= 0.3 is 6.18 Å². The Morgan fingerprint density at radius 3 is 2.17 bits per heavy atom. The van der Waals surface area contributed by atoms with Crippen LogP contribution in [-0.4, -0.2) is 25.4 Å². The number of halogens is 3. The topological polar surface area (TPSA) is 44.5 Å². The van der Waals surface area contributed by atoms with Gasteiger partial charge in [0.25, 0.3) is 0 Å². The molecule has 0 aliphatic heterocycles. The van der Waals surface area contributed by atoms with Crippen molar-refractivity contribution in [2.75, 3.05) is 13.2 Å². The summed E-state index contributed by atoms with van der Waals surface area (Å²) in [6, 6.07) is 5.99. The predicted octanol–water partition coefficient (Wildman–Crippen LogP) is 2.74. The number of nitrogens with two attached hydrogens (primary N) is 1. The average molecular weight is 263 g/mol. The van der Waals surface area contributed by atoms with E-state index in [2.05, 4.69) is 0 Å². The lowest BCUT2D eigenvalue weighted by atomic mass is 10.3. The van der Waals surface area contributed by atoms with Gasteiger partial charge in [-0.25, -0.2) is 0 Å². The average Bonchev–Trinajstić information content (AvgIpc) is 2.33. The van der Waals surface area contributed by atoms with Crippen molar-refractivity contribution < 1.29 is 22.6 Å². The minimum Gasteiger partial charge on any atom is -0.494 e. The van der Waals surface area contributed by atoms with Gasteiger partial charge in [-0.15, -0.1) is 0 Å². The fourth-order valence-corrected chi connectivity index (χ4v) is 1.25. The van der Waals surface area contributed by atoms with Gasteiger partial charge < -0.3 is 15.2 Å². The van der Waals surface area contributed by atoms with Crippen LogP contribution in [0.25, 0.3) is 0 Å². The molecule has 1 rings (SSSR count). The van der Waals surface area contributed by atoms with Gasteiger partial charge in [-0.1, -0.05) is 6.92 Å². The van der Waals surface area contributed by atoms with E-state index in [1.165, 1.54) is 12.1 Å². The molecule has 0 spiro atoms. The van der Waals surface area contributed by atoms with Crippen LogP contribution in [0.3, 0.4) is 0 Å². The molecule has 6 heteroatoms. The number of ether oxygens (including phenoxy) is 2.